The van der Waals surface area contributed by atoms with Crippen LogP contribution in [0, 0.1) is 0 Å². The van der Waals surface area contributed by atoms with Crippen LogP contribution in [-0.4, -0.2) is 50.2 Å². The quantitative estimate of drug-likeness (QED) is 0.661. The molecule has 0 saturated carbocycles. The first kappa shape index (κ1) is 13.5. The topological polar surface area (TPSA) is 41.6 Å². The third kappa shape index (κ3) is 4.10. The van der Waals surface area contributed by atoms with Gasteiger partial charge in [0.05, 0.1) is 13.0 Å². The van der Waals surface area contributed by atoms with Gasteiger partial charge in [-0.3, -0.25) is 4.79 Å². The summed E-state index contributed by atoms with van der Waals surface area (Å²) < 4.78 is 5.35. The smallest absolute Gasteiger partial charge is 0.225 e. The van der Waals surface area contributed by atoms with Crippen molar-refractivity contribution in [3.63, 3.8) is 0 Å². The number of ether oxygens (including phenoxy) is 1. The van der Waals surface area contributed by atoms with Crippen LogP contribution in [-0.2, 0) is 9.53 Å². The van der Waals surface area contributed by atoms with Crippen LogP contribution in [0.15, 0.2) is 0 Å². The fourth-order valence-electron chi connectivity index (χ4n) is 2.16. The zero-order valence-electron chi connectivity index (χ0n) is 10.5. The number of likely N-dealkylation sites (tertiary alicyclic amines) is 1. The molecule has 0 spiro atoms. The van der Waals surface area contributed by atoms with Crippen molar-refractivity contribution in [1.29, 1.82) is 0 Å². The van der Waals surface area contributed by atoms with E-state index in [-0.39, 0.29) is 5.91 Å². The molecule has 1 fully saturated rings. The number of nitrogens with zero attached hydrogens (tertiary/aromatic N) is 1. The fraction of sp³-hybridized carbons (Fsp3) is 0.917. The highest BCUT2D eigenvalue weighted by Gasteiger charge is 2.27. The molecule has 1 aliphatic rings. The summed E-state index contributed by atoms with van der Waals surface area (Å²) in [6, 6.07) is 0.392. The van der Waals surface area contributed by atoms with Crippen molar-refractivity contribution < 1.29 is 9.53 Å². The maximum absolute atomic E-state index is 11.9. The molecular formula is C12H24N2O2. The van der Waals surface area contributed by atoms with Crippen molar-refractivity contribution in [3.8, 4) is 0 Å². The summed E-state index contributed by atoms with van der Waals surface area (Å²) >= 11 is 0. The molecule has 0 radical (unpaired) electrons. The lowest BCUT2D eigenvalue weighted by Gasteiger charge is -2.24. The first-order chi connectivity index (χ1) is 7.79. The standard InChI is InChI=1S/C12H24N2O2/c1-3-8-16-9-6-12(15)14-7-4-5-11(14)10-13-2/h11,13H,3-10H2,1-2H3. The van der Waals surface area contributed by atoms with E-state index in [2.05, 4.69) is 12.2 Å². The van der Waals surface area contributed by atoms with Crippen LogP contribution in [0.2, 0.25) is 0 Å². The number of amides is 1. The molecule has 1 heterocycles. The Hall–Kier alpha value is -0.610. The molecule has 0 aliphatic carbocycles. The van der Waals surface area contributed by atoms with Crippen LogP contribution in [0.25, 0.3) is 0 Å². The molecule has 1 saturated heterocycles. The zero-order valence-corrected chi connectivity index (χ0v) is 10.5. The third-order valence-corrected chi connectivity index (χ3v) is 2.95. The molecule has 1 rings (SSSR count). The summed E-state index contributed by atoms with van der Waals surface area (Å²) in [6.45, 7) is 5.22. The Morgan fingerprint density at radius 3 is 3.00 bits per heavy atom. The Balaban J connectivity index is 2.23. The van der Waals surface area contributed by atoms with Crippen LogP contribution >= 0.6 is 0 Å². The Labute approximate surface area is 98.3 Å². The van der Waals surface area contributed by atoms with Gasteiger partial charge in [0.2, 0.25) is 5.91 Å². The van der Waals surface area contributed by atoms with E-state index in [1.807, 2.05) is 11.9 Å². The average Bonchev–Trinajstić information content (AvgIpc) is 2.73. The molecule has 94 valence electrons. The van der Waals surface area contributed by atoms with Gasteiger partial charge >= 0.3 is 0 Å². The molecule has 16 heavy (non-hydrogen) atoms. The lowest BCUT2D eigenvalue weighted by atomic mass is 10.2. The van der Waals surface area contributed by atoms with Gasteiger partial charge in [-0.2, -0.15) is 0 Å². The molecule has 0 aromatic heterocycles. The van der Waals surface area contributed by atoms with E-state index in [9.17, 15) is 4.79 Å². The summed E-state index contributed by atoms with van der Waals surface area (Å²) in [5.41, 5.74) is 0. The van der Waals surface area contributed by atoms with Crippen LogP contribution in [0.3, 0.4) is 0 Å². The number of nitrogens with one attached hydrogen (secondary N) is 1. The van der Waals surface area contributed by atoms with Crippen molar-refractivity contribution in [1.82, 2.24) is 10.2 Å². The molecule has 0 aromatic rings. The summed E-state index contributed by atoms with van der Waals surface area (Å²) in [6.07, 6.45) is 3.80. The lowest BCUT2D eigenvalue weighted by Crippen LogP contribution is -2.41. The number of carbonyl (C=O) groups excluding carboxylic acids is 1. The predicted molar refractivity (Wildman–Crippen MR) is 64.4 cm³/mol. The van der Waals surface area contributed by atoms with Gasteiger partial charge in [-0.15, -0.1) is 0 Å². The predicted octanol–water partition coefficient (Wildman–Crippen LogP) is 1.01. The van der Waals surface area contributed by atoms with Crippen LogP contribution in [0.4, 0.5) is 0 Å². The van der Waals surface area contributed by atoms with Gasteiger partial charge in [0.25, 0.3) is 0 Å². The van der Waals surface area contributed by atoms with Crippen molar-refractivity contribution >= 4 is 5.91 Å². The normalized spacial score (nSPS) is 20.4. The second-order valence-electron chi connectivity index (χ2n) is 4.30. The second kappa shape index (κ2) is 7.63. The van der Waals surface area contributed by atoms with Crippen molar-refractivity contribution in [2.45, 2.75) is 38.6 Å². The molecule has 1 amide bonds. The van der Waals surface area contributed by atoms with Gasteiger partial charge < -0.3 is 15.0 Å². The number of likely N-dealkylation sites (N-methyl/N-ethyl adjacent to an activating group) is 1. The Bertz CT molecular complexity index is 209. The Morgan fingerprint density at radius 2 is 2.31 bits per heavy atom. The van der Waals surface area contributed by atoms with E-state index >= 15 is 0 Å². The van der Waals surface area contributed by atoms with Gasteiger partial charge in [0.15, 0.2) is 0 Å². The minimum Gasteiger partial charge on any atom is -0.381 e. The van der Waals surface area contributed by atoms with Gasteiger partial charge in [-0.25, -0.2) is 0 Å². The highest BCUT2D eigenvalue weighted by atomic mass is 16.5. The molecule has 4 nitrogen and oxygen atoms in total. The zero-order chi connectivity index (χ0) is 11.8. The molecule has 1 atom stereocenters. The summed E-state index contributed by atoms with van der Waals surface area (Å²) in [4.78, 5) is 13.9. The molecule has 0 bridgehead atoms. The van der Waals surface area contributed by atoms with Crippen LogP contribution in [0.1, 0.15) is 32.6 Å². The van der Waals surface area contributed by atoms with E-state index in [1.165, 1.54) is 0 Å². The van der Waals surface area contributed by atoms with E-state index in [1.54, 1.807) is 0 Å². The van der Waals surface area contributed by atoms with Crippen molar-refractivity contribution in [3.05, 3.63) is 0 Å². The van der Waals surface area contributed by atoms with E-state index in [0.717, 1.165) is 39.0 Å². The molecular weight excluding hydrogens is 204 g/mol. The van der Waals surface area contributed by atoms with E-state index in [0.29, 0.717) is 19.1 Å². The fourth-order valence-corrected chi connectivity index (χ4v) is 2.16. The minimum absolute atomic E-state index is 0.244. The summed E-state index contributed by atoms with van der Waals surface area (Å²) in [5, 5.41) is 3.15. The Kier molecular flexibility index (Phi) is 6.42. The third-order valence-electron chi connectivity index (χ3n) is 2.95. The van der Waals surface area contributed by atoms with E-state index < -0.39 is 0 Å². The summed E-state index contributed by atoms with van der Waals surface area (Å²) in [7, 11) is 1.94. The highest BCUT2D eigenvalue weighted by molar-refractivity contribution is 5.76. The minimum atomic E-state index is 0.244. The van der Waals surface area contributed by atoms with E-state index in [4.69, 9.17) is 4.74 Å². The van der Waals surface area contributed by atoms with Gasteiger partial charge in [0, 0.05) is 25.7 Å². The number of carbonyl (C=O) groups is 1. The molecule has 1 N–H and O–H groups in total. The highest BCUT2D eigenvalue weighted by Crippen LogP contribution is 2.17. The molecule has 0 aromatic carbocycles. The lowest BCUT2D eigenvalue weighted by molar-refractivity contribution is -0.133. The monoisotopic (exact) mass is 228 g/mol. The van der Waals surface area contributed by atoms with Gasteiger partial charge in [0.1, 0.15) is 0 Å². The molecule has 4 heteroatoms. The number of rotatable bonds is 7. The van der Waals surface area contributed by atoms with Gasteiger partial charge in [-0.1, -0.05) is 6.92 Å². The Morgan fingerprint density at radius 1 is 1.50 bits per heavy atom. The first-order valence-corrected chi connectivity index (χ1v) is 6.31. The maximum Gasteiger partial charge on any atom is 0.225 e. The summed E-state index contributed by atoms with van der Waals surface area (Å²) in [5.74, 6) is 0.244. The average molecular weight is 228 g/mol. The largest absolute Gasteiger partial charge is 0.381 e. The number of hydrogen-bond acceptors (Lipinski definition) is 3. The molecule has 1 unspecified atom stereocenters. The van der Waals surface area contributed by atoms with Gasteiger partial charge in [-0.05, 0) is 26.3 Å². The SMILES string of the molecule is CCCOCCC(=O)N1CCCC1CNC. The van der Waals surface area contributed by atoms with Crippen LogP contribution in [0.5, 0.6) is 0 Å². The maximum atomic E-state index is 11.9. The van der Waals surface area contributed by atoms with Crippen molar-refractivity contribution in [2.24, 2.45) is 0 Å². The number of hydrogen-bond donors (Lipinski definition) is 1. The second-order valence-corrected chi connectivity index (χ2v) is 4.30. The molecule has 1 aliphatic heterocycles. The first-order valence-electron chi connectivity index (χ1n) is 6.31. The van der Waals surface area contributed by atoms with Crippen LogP contribution < -0.4 is 5.32 Å². The van der Waals surface area contributed by atoms with Crippen molar-refractivity contribution in [2.75, 3.05) is 33.4 Å².